The van der Waals surface area contributed by atoms with Crippen molar-refractivity contribution in [2.24, 2.45) is 0 Å². The molecule has 1 amide bonds. The van der Waals surface area contributed by atoms with Gasteiger partial charge in [0.1, 0.15) is 29.4 Å². The SMILES string of the molecule is CC(C)n1cnnc1-c1cccc(NC(=O)c2cc(Oc3cccc(C4CC4)n3)ccc2F)n1.O=C(O)C(F)(F)F. The van der Waals surface area contributed by atoms with Gasteiger partial charge in [-0.25, -0.2) is 19.2 Å². The summed E-state index contributed by atoms with van der Waals surface area (Å²) < 4.78 is 53.9. The highest BCUT2D eigenvalue weighted by molar-refractivity contribution is 6.04. The topological polar surface area (TPSA) is 132 Å². The average Bonchev–Trinajstić information content (AvgIpc) is 3.65. The first-order chi connectivity index (χ1) is 19.4. The van der Waals surface area contributed by atoms with E-state index in [2.05, 4.69) is 25.5 Å². The number of alkyl halides is 3. The summed E-state index contributed by atoms with van der Waals surface area (Å²) in [5, 5.41) is 17.9. The Kier molecular flexibility index (Phi) is 8.59. The van der Waals surface area contributed by atoms with Crippen molar-refractivity contribution in [2.75, 3.05) is 5.32 Å². The highest BCUT2D eigenvalue weighted by atomic mass is 19.4. The van der Waals surface area contributed by atoms with Crippen LogP contribution in [-0.4, -0.2) is 47.9 Å². The molecule has 41 heavy (non-hydrogen) atoms. The number of benzene rings is 1. The van der Waals surface area contributed by atoms with E-state index in [1.165, 1.54) is 18.2 Å². The number of aliphatic carboxylic acids is 1. The van der Waals surface area contributed by atoms with E-state index in [4.69, 9.17) is 14.6 Å². The van der Waals surface area contributed by atoms with Crippen LogP contribution in [0.4, 0.5) is 23.4 Å². The molecule has 0 unspecified atom stereocenters. The minimum Gasteiger partial charge on any atom is -0.475 e. The fraction of sp³-hybridized carbons (Fsp3) is 0.259. The Morgan fingerprint density at radius 3 is 2.44 bits per heavy atom. The summed E-state index contributed by atoms with van der Waals surface area (Å²) >= 11 is 0. The summed E-state index contributed by atoms with van der Waals surface area (Å²) in [6, 6.07) is 14.9. The Morgan fingerprint density at radius 2 is 1.78 bits per heavy atom. The van der Waals surface area contributed by atoms with Crippen molar-refractivity contribution < 1.29 is 37.0 Å². The van der Waals surface area contributed by atoms with Crippen molar-refractivity contribution in [3.63, 3.8) is 0 Å². The number of halogens is 4. The number of anilines is 1. The predicted molar refractivity (Wildman–Crippen MR) is 138 cm³/mol. The zero-order chi connectivity index (χ0) is 29.7. The number of carboxylic acid groups (broad SMARTS) is 1. The molecule has 14 heteroatoms. The van der Waals surface area contributed by atoms with Gasteiger partial charge in [-0.15, -0.1) is 10.2 Å². The Hall–Kier alpha value is -4.88. The van der Waals surface area contributed by atoms with Gasteiger partial charge in [0.05, 0.1) is 5.56 Å². The van der Waals surface area contributed by atoms with E-state index < -0.39 is 23.9 Å². The quantitative estimate of drug-likeness (QED) is 0.257. The normalized spacial score (nSPS) is 12.9. The molecule has 0 spiro atoms. The fourth-order valence-electron chi connectivity index (χ4n) is 3.57. The van der Waals surface area contributed by atoms with Gasteiger partial charge in [-0.2, -0.15) is 13.2 Å². The number of hydrogen-bond donors (Lipinski definition) is 2. The van der Waals surface area contributed by atoms with Crippen molar-refractivity contribution in [1.82, 2.24) is 24.7 Å². The van der Waals surface area contributed by atoms with Gasteiger partial charge < -0.3 is 19.7 Å². The van der Waals surface area contributed by atoms with E-state index in [0.29, 0.717) is 29.1 Å². The zero-order valence-corrected chi connectivity index (χ0v) is 21.8. The van der Waals surface area contributed by atoms with Crippen molar-refractivity contribution in [1.29, 1.82) is 0 Å². The maximum absolute atomic E-state index is 14.5. The first-order valence-electron chi connectivity index (χ1n) is 12.3. The minimum atomic E-state index is -5.08. The number of aromatic nitrogens is 5. The Morgan fingerprint density at radius 1 is 1.07 bits per heavy atom. The van der Waals surface area contributed by atoms with Crippen molar-refractivity contribution in [3.05, 3.63) is 78.0 Å². The Bertz CT molecular complexity index is 1550. The largest absolute Gasteiger partial charge is 0.490 e. The molecule has 1 aromatic carbocycles. The molecule has 1 aliphatic carbocycles. The van der Waals surface area contributed by atoms with Gasteiger partial charge >= 0.3 is 12.1 Å². The molecule has 1 aliphatic rings. The van der Waals surface area contributed by atoms with E-state index in [9.17, 15) is 22.4 Å². The van der Waals surface area contributed by atoms with E-state index in [1.807, 2.05) is 30.5 Å². The maximum Gasteiger partial charge on any atom is 0.490 e. The van der Waals surface area contributed by atoms with E-state index in [-0.39, 0.29) is 17.4 Å². The van der Waals surface area contributed by atoms with Crippen LogP contribution in [0.2, 0.25) is 0 Å². The lowest BCUT2D eigenvalue weighted by Crippen LogP contribution is -2.21. The number of carboxylic acids is 1. The lowest BCUT2D eigenvalue weighted by atomic mass is 10.2. The number of nitrogens with zero attached hydrogens (tertiary/aromatic N) is 5. The molecule has 0 radical (unpaired) electrons. The molecule has 4 aromatic rings. The molecule has 214 valence electrons. The van der Waals surface area contributed by atoms with Crippen LogP contribution < -0.4 is 10.1 Å². The van der Waals surface area contributed by atoms with Crippen molar-refractivity contribution in [3.8, 4) is 23.1 Å². The number of pyridine rings is 2. The number of carbonyl (C=O) groups is 2. The smallest absolute Gasteiger partial charge is 0.475 e. The van der Waals surface area contributed by atoms with Crippen molar-refractivity contribution in [2.45, 2.75) is 44.8 Å². The van der Waals surface area contributed by atoms with E-state index in [0.717, 1.165) is 18.5 Å². The Balaban J connectivity index is 0.000000493. The second kappa shape index (κ2) is 12.1. The van der Waals surface area contributed by atoms with Gasteiger partial charge in [-0.05, 0) is 63.1 Å². The van der Waals surface area contributed by atoms with Crippen LogP contribution in [0.1, 0.15) is 54.7 Å². The minimum absolute atomic E-state index is 0.140. The fourth-order valence-corrected chi connectivity index (χ4v) is 3.57. The second-order valence-electron chi connectivity index (χ2n) is 9.24. The molecular weight excluding hydrogens is 548 g/mol. The maximum atomic E-state index is 14.5. The highest BCUT2D eigenvalue weighted by Gasteiger charge is 2.38. The number of nitrogens with one attached hydrogen (secondary N) is 1. The molecule has 0 saturated heterocycles. The van der Waals surface area contributed by atoms with E-state index >= 15 is 0 Å². The molecule has 3 aromatic heterocycles. The van der Waals surface area contributed by atoms with Crippen LogP contribution in [0.5, 0.6) is 11.6 Å². The molecule has 3 heterocycles. The summed E-state index contributed by atoms with van der Waals surface area (Å²) in [5.41, 5.74) is 1.37. The van der Waals surface area contributed by atoms with E-state index in [1.54, 1.807) is 30.6 Å². The van der Waals surface area contributed by atoms with Gasteiger partial charge in [0.2, 0.25) is 5.88 Å². The lowest BCUT2D eigenvalue weighted by Gasteiger charge is -2.11. The van der Waals surface area contributed by atoms with Gasteiger partial charge in [0.25, 0.3) is 5.91 Å². The third-order valence-corrected chi connectivity index (χ3v) is 5.74. The van der Waals surface area contributed by atoms with Gasteiger partial charge in [0, 0.05) is 23.7 Å². The molecule has 0 aliphatic heterocycles. The molecule has 1 fully saturated rings. The third-order valence-electron chi connectivity index (χ3n) is 5.74. The number of amides is 1. The average molecular weight is 573 g/mol. The van der Waals surface area contributed by atoms with Gasteiger partial charge in [0.15, 0.2) is 5.82 Å². The van der Waals surface area contributed by atoms with Crippen LogP contribution in [0.15, 0.2) is 60.9 Å². The second-order valence-corrected chi connectivity index (χ2v) is 9.24. The summed E-state index contributed by atoms with van der Waals surface area (Å²) in [6.45, 7) is 4.02. The Labute approximate surface area is 231 Å². The number of carbonyl (C=O) groups excluding carboxylic acids is 1. The molecule has 2 N–H and O–H groups in total. The summed E-state index contributed by atoms with van der Waals surface area (Å²) in [5.74, 6) is -2.01. The van der Waals surface area contributed by atoms with Crippen LogP contribution in [-0.2, 0) is 4.79 Å². The summed E-state index contributed by atoms with van der Waals surface area (Å²) in [7, 11) is 0. The van der Waals surface area contributed by atoms with Crippen molar-refractivity contribution >= 4 is 17.7 Å². The first-order valence-corrected chi connectivity index (χ1v) is 12.3. The predicted octanol–water partition coefficient (Wildman–Crippen LogP) is 6.01. The summed E-state index contributed by atoms with van der Waals surface area (Å²) in [4.78, 5) is 30.7. The third kappa shape index (κ3) is 7.62. The lowest BCUT2D eigenvalue weighted by molar-refractivity contribution is -0.192. The van der Waals surface area contributed by atoms with Gasteiger partial charge in [-0.3, -0.25) is 4.79 Å². The van der Waals surface area contributed by atoms with Crippen LogP contribution >= 0.6 is 0 Å². The van der Waals surface area contributed by atoms with Crippen LogP contribution in [0, 0.1) is 5.82 Å². The molecule has 10 nitrogen and oxygen atoms in total. The summed E-state index contributed by atoms with van der Waals surface area (Å²) in [6.07, 6.45) is -1.20. The number of hydrogen-bond acceptors (Lipinski definition) is 7. The molecule has 0 bridgehead atoms. The van der Waals surface area contributed by atoms with Crippen LogP contribution in [0.25, 0.3) is 11.5 Å². The monoisotopic (exact) mass is 572 g/mol. The highest BCUT2D eigenvalue weighted by Crippen LogP contribution is 2.39. The molecule has 5 rings (SSSR count). The number of ether oxygens (including phenoxy) is 1. The number of rotatable bonds is 7. The van der Waals surface area contributed by atoms with Gasteiger partial charge in [-0.1, -0.05) is 12.1 Å². The van der Waals surface area contributed by atoms with Crippen LogP contribution in [0.3, 0.4) is 0 Å². The molecule has 0 atom stereocenters. The molecule has 1 saturated carbocycles. The standard InChI is InChI=1S/C25H23FN6O2.C2HF3O2/c1-15(2)32-14-27-31-24(32)21-6-3-7-22(28-21)30-25(33)18-13-17(11-12-19(18)26)34-23-8-4-5-20(29-23)16-9-10-16;3-2(4,5)1(6)7/h3-8,11-16H,9-10H2,1-2H3,(H,28,30,33);(H,6,7). The molecular formula is C27H24F4N6O4. The first kappa shape index (κ1) is 29.1. The zero-order valence-electron chi connectivity index (χ0n) is 21.8.